The first kappa shape index (κ1) is 15.3. The second-order valence-electron chi connectivity index (χ2n) is 6.41. The SMILES string of the molecule is CC1CN(CCCCOc2ccccc2)C(C)(C)CN1. The number of piperazine rings is 1. The molecule has 0 bridgehead atoms. The first-order chi connectivity index (χ1) is 9.58. The minimum Gasteiger partial charge on any atom is -0.494 e. The summed E-state index contributed by atoms with van der Waals surface area (Å²) in [5.74, 6) is 0.976. The lowest BCUT2D eigenvalue weighted by Crippen LogP contribution is -2.61. The predicted molar refractivity (Wildman–Crippen MR) is 84.3 cm³/mol. The van der Waals surface area contributed by atoms with Gasteiger partial charge in [0.1, 0.15) is 5.75 Å². The molecule has 1 aromatic rings. The molecule has 1 heterocycles. The van der Waals surface area contributed by atoms with Gasteiger partial charge in [-0.25, -0.2) is 0 Å². The van der Waals surface area contributed by atoms with Gasteiger partial charge in [-0.2, -0.15) is 0 Å². The van der Waals surface area contributed by atoms with Crippen molar-refractivity contribution >= 4 is 0 Å². The fourth-order valence-electron chi connectivity index (χ4n) is 2.68. The van der Waals surface area contributed by atoms with E-state index >= 15 is 0 Å². The van der Waals surface area contributed by atoms with Crippen LogP contribution in [0.1, 0.15) is 33.6 Å². The van der Waals surface area contributed by atoms with Crippen LogP contribution in [0.2, 0.25) is 0 Å². The summed E-state index contributed by atoms with van der Waals surface area (Å²) in [6.45, 7) is 11.1. The lowest BCUT2D eigenvalue weighted by Gasteiger charge is -2.45. The lowest BCUT2D eigenvalue weighted by molar-refractivity contribution is 0.0674. The van der Waals surface area contributed by atoms with E-state index in [2.05, 4.69) is 31.0 Å². The van der Waals surface area contributed by atoms with Gasteiger partial charge in [-0.15, -0.1) is 0 Å². The van der Waals surface area contributed by atoms with Gasteiger partial charge in [0.05, 0.1) is 6.61 Å². The summed E-state index contributed by atoms with van der Waals surface area (Å²) in [5.41, 5.74) is 0.271. The van der Waals surface area contributed by atoms with E-state index in [1.54, 1.807) is 0 Å². The van der Waals surface area contributed by atoms with Crippen LogP contribution in [0, 0.1) is 0 Å². The van der Waals surface area contributed by atoms with E-state index in [9.17, 15) is 0 Å². The molecule has 20 heavy (non-hydrogen) atoms. The summed E-state index contributed by atoms with van der Waals surface area (Å²) >= 11 is 0. The topological polar surface area (TPSA) is 24.5 Å². The third-order valence-corrected chi connectivity index (χ3v) is 4.07. The number of para-hydroxylation sites is 1. The summed E-state index contributed by atoms with van der Waals surface area (Å²) < 4.78 is 5.74. The van der Waals surface area contributed by atoms with Gasteiger partial charge in [0, 0.05) is 24.7 Å². The number of nitrogens with one attached hydrogen (secondary N) is 1. The van der Waals surface area contributed by atoms with Crippen molar-refractivity contribution in [1.82, 2.24) is 10.2 Å². The van der Waals surface area contributed by atoms with E-state index in [4.69, 9.17) is 4.74 Å². The molecule has 1 N–H and O–H groups in total. The van der Waals surface area contributed by atoms with Gasteiger partial charge in [0.25, 0.3) is 0 Å². The van der Waals surface area contributed by atoms with Crippen molar-refractivity contribution in [3.63, 3.8) is 0 Å². The molecule has 1 fully saturated rings. The number of hydrogen-bond acceptors (Lipinski definition) is 3. The average molecular weight is 276 g/mol. The molecule has 1 aliphatic rings. The van der Waals surface area contributed by atoms with Crippen molar-refractivity contribution in [3.05, 3.63) is 30.3 Å². The standard InChI is InChI=1S/C17H28N2O/c1-15-13-19(17(2,3)14-18-15)11-7-8-12-20-16-9-5-4-6-10-16/h4-6,9-10,15,18H,7-8,11-14H2,1-3H3. The molecule has 3 heteroatoms. The highest BCUT2D eigenvalue weighted by Crippen LogP contribution is 2.19. The Morgan fingerprint density at radius 3 is 2.75 bits per heavy atom. The lowest BCUT2D eigenvalue weighted by atomic mass is 9.97. The van der Waals surface area contributed by atoms with E-state index in [-0.39, 0.29) is 5.54 Å². The molecule has 0 aromatic heterocycles. The zero-order valence-electron chi connectivity index (χ0n) is 13.1. The molecular weight excluding hydrogens is 248 g/mol. The number of hydrogen-bond donors (Lipinski definition) is 1. The summed E-state index contributed by atoms with van der Waals surface area (Å²) in [7, 11) is 0. The van der Waals surface area contributed by atoms with Crippen molar-refractivity contribution in [2.75, 3.05) is 26.2 Å². The quantitative estimate of drug-likeness (QED) is 0.809. The van der Waals surface area contributed by atoms with Crippen LogP contribution in [0.5, 0.6) is 5.75 Å². The third-order valence-electron chi connectivity index (χ3n) is 4.07. The van der Waals surface area contributed by atoms with E-state index in [1.165, 1.54) is 6.42 Å². The fourth-order valence-corrected chi connectivity index (χ4v) is 2.68. The predicted octanol–water partition coefficient (Wildman–Crippen LogP) is 2.92. The minimum atomic E-state index is 0.271. The number of unbranched alkanes of at least 4 members (excludes halogenated alkanes) is 1. The smallest absolute Gasteiger partial charge is 0.119 e. The van der Waals surface area contributed by atoms with Crippen molar-refractivity contribution < 1.29 is 4.74 Å². The number of ether oxygens (including phenoxy) is 1. The Morgan fingerprint density at radius 2 is 2.00 bits per heavy atom. The van der Waals surface area contributed by atoms with E-state index < -0.39 is 0 Å². The molecule has 3 nitrogen and oxygen atoms in total. The summed E-state index contributed by atoms with van der Waals surface area (Å²) in [5, 5.41) is 3.56. The Kier molecular flexibility index (Phi) is 5.44. The molecule has 1 unspecified atom stereocenters. The second-order valence-corrected chi connectivity index (χ2v) is 6.41. The van der Waals surface area contributed by atoms with Crippen molar-refractivity contribution in [2.24, 2.45) is 0 Å². The zero-order chi connectivity index (χ0) is 14.4. The van der Waals surface area contributed by atoms with Gasteiger partial charge >= 0.3 is 0 Å². The first-order valence-electron chi connectivity index (χ1n) is 7.74. The molecule has 1 saturated heterocycles. The van der Waals surface area contributed by atoms with Gasteiger partial charge in [0.2, 0.25) is 0 Å². The molecular formula is C17H28N2O. The van der Waals surface area contributed by atoms with Crippen LogP contribution in [-0.2, 0) is 0 Å². The molecule has 1 aromatic carbocycles. The monoisotopic (exact) mass is 276 g/mol. The summed E-state index contributed by atoms with van der Waals surface area (Å²) in [6.07, 6.45) is 2.31. The molecule has 2 rings (SSSR count). The maximum absolute atomic E-state index is 5.74. The molecule has 0 spiro atoms. The minimum absolute atomic E-state index is 0.271. The van der Waals surface area contributed by atoms with Crippen LogP contribution in [-0.4, -0.2) is 42.7 Å². The normalized spacial score (nSPS) is 22.6. The Morgan fingerprint density at radius 1 is 1.25 bits per heavy atom. The maximum Gasteiger partial charge on any atom is 0.119 e. The number of rotatable bonds is 6. The summed E-state index contributed by atoms with van der Waals surface area (Å²) in [6, 6.07) is 10.7. The van der Waals surface area contributed by atoms with Crippen LogP contribution in [0.25, 0.3) is 0 Å². The van der Waals surface area contributed by atoms with E-state index in [0.717, 1.165) is 38.4 Å². The second kappa shape index (κ2) is 7.09. The highest BCUT2D eigenvalue weighted by molar-refractivity contribution is 5.20. The van der Waals surface area contributed by atoms with Crippen LogP contribution < -0.4 is 10.1 Å². The highest BCUT2D eigenvalue weighted by Gasteiger charge is 2.31. The van der Waals surface area contributed by atoms with Crippen LogP contribution in [0.3, 0.4) is 0 Å². The van der Waals surface area contributed by atoms with Gasteiger partial charge in [-0.3, -0.25) is 4.90 Å². The molecule has 1 aliphatic heterocycles. The van der Waals surface area contributed by atoms with Crippen molar-refractivity contribution in [2.45, 2.75) is 45.2 Å². The Bertz CT molecular complexity index is 391. The number of benzene rings is 1. The highest BCUT2D eigenvalue weighted by atomic mass is 16.5. The van der Waals surface area contributed by atoms with Crippen molar-refractivity contribution in [1.29, 1.82) is 0 Å². The van der Waals surface area contributed by atoms with E-state index in [0.29, 0.717) is 6.04 Å². The van der Waals surface area contributed by atoms with E-state index in [1.807, 2.05) is 30.3 Å². The van der Waals surface area contributed by atoms with Crippen LogP contribution in [0.4, 0.5) is 0 Å². The molecule has 0 amide bonds. The largest absolute Gasteiger partial charge is 0.494 e. The summed E-state index contributed by atoms with van der Waals surface area (Å²) in [4.78, 5) is 2.61. The van der Waals surface area contributed by atoms with Crippen LogP contribution in [0.15, 0.2) is 30.3 Å². The molecule has 112 valence electrons. The maximum atomic E-state index is 5.74. The molecule has 0 saturated carbocycles. The Hall–Kier alpha value is -1.06. The van der Waals surface area contributed by atoms with Gasteiger partial charge in [-0.05, 0) is 52.3 Å². The number of nitrogens with zero attached hydrogens (tertiary/aromatic N) is 1. The van der Waals surface area contributed by atoms with Gasteiger partial charge in [0.15, 0.2) is 0 Å². The van der Waals surface area contributed by atoms with Crippen LogP contribution >= 0.6 is 0 Å². The Labute approximate surface area is 123 Å². The third kappa shape index (κ3) is 4.50. The van der Waals surface area contributed by atoms with Gasteiger partial charge in [-0.1, -0.05) is 18.2 Å². The van der Waals surface area contributed by atoms with Crippen molar-refractivity contribution in [3.8, 4) is 5.75 Å². The molecule has 1 atom stereocenters. The fraction of sp³-hybridized carbons (Fsp3) is 0.647. The molecule has 0 radical (unpaired) electrons. The first-order valence-corrected chi connectivity index (χ1v) is 7.74. The zero-order valence-corrected chi connectivity index (χ0v) is 13.1. The average Bonchev–Trinajstić information content (AvgIpc) is 2.43. The van der Waals surface area contributed by atoms with Gasteiger partial charge < -0.3 is 10.1 Å². The Balaban J connectivity index is 1.65. The molecule has 0 aliphatic carbocycles.